The van der Waals surface area contributed by atoms with E-state index in [0.29, 0.717) is 5.69 Å². The Morgan fingerprint density at radius 1 is 1.24 bits per heavy atom. The average molecular weight is 227 g/mol. The Balaban J connectivity index is 2.39. The monoisotopic (exact) mass is 227 g/mol. The summed E-state index contributed by atoms with van der Waals surface area (Å²) >= 11 is 0. The lowest BCUT2D eigenvalue weighted by Crippen LogP contribution is -2.02. The Hall–Kier alpha value is -2.03. The minimum atomic E-state index is 0.665. The number of benzene rings is 1. The standard InChI is InChI=1S/C14H17N3/c1-3-11-7-4-6-10(2)13(11)17-14-12(15)8-5-9-16-14/h4-9H,3,15H2,1-2H3,(H,16,17). The van der Waals surface area contributed by atoms with Crippen molar-refractivity contribution in [1.29, 1.82) is 0 Å². The average Bonchev–Trinajstić information content (AvgIpc) is 2.34. The van der Waals surface area contributed by atoms with Gasteiger partial charge < -0.3 is 11.1 Å². The minimum Gasteiger partial charge on any atom is -0.396 e. The lowest BCUT2D eigenvalue weighted by Gasteiger charge is -2.14. The van der Waals surface area contributed by atoms with Crippen LogP contribution in [0.5, 0.6) is 0 Å². The predicted octanol–water partition coefficient (Wildman–Crippen LogP) is 3.28. The molecule has 0 fully saturated rings. The number of pyridine rings is 1. The zero-order valence-corrected chi connectivity index (χ0v) is 10.2. The zero-order valence-electron chi connectivity index (χ0n) is 10.2. The summed E-state index contributed by atoms with van der Waals surface area (Å²) in [7, 11) is 0. The second-order valence-electron chi connectivity index (χ2n) is 4.03. The number of anilines is 3. The molecule has 3 nitrogen and oxygen atoms in total. The molecule has 0 amide bonds. The number of nitrogens with zero attached hydrogens (tertiary/aromatic N) is 1. The minimum absolute atomic E-state index is 0.665. The normalized spacial score (nSPS) is 10.2. The molecule has 0 aliphatic carbocycles. The summed E-state index contributed by atoms with van der Waals surface area (Å²) in [5.74, 6) is 0.719. The molecule has 0 aliphatic rings. The van der Waals surface area contributed by atoms with Gasteiger partial charge in [0.05, 0.1) is 5.69 Å². The van der Waals surface area contributed by atoms with E-state index in [2.05, 4.69) is 42.3 Å². The molecular formula is C14H17N3. The maximum absolute atomic E-state index is 5.88. The third-order valence-corrected chi connectivity index (χ3v) is 2.82. The van der Waals surface area contributed by atoms with Gasteiger partial charge in [-0.05, 0) is 36.6 Å². The maximum Gasteiger partial charge on any atom is 0.153 e. The molecule has 88 valence electrons. The largest absolute Gasteiger partial charge is 0.396 e. The third-order valence-electron chi connectivity index (χ3n) is 2.82. The van der Waals surface area contributed by atoms with Crippen molar-refractivity contribution in [1.82, 2.24) is 4.98 Å². The number of rotatable bonds is 3. The smallest absolute Gasteiger partial charge is 0.153 e. The van der Waals surface area contributed by atoms with Crippen molar-refractivity contribution in [2.75, 3.05) is 11.1 Å². The highest BCUT2D eigenvalue weighted by atomic mass is 15.0. The van der Waals surface area contributed by atoms with E-state index in [9.17, 15) is 0 Å². The first-order valence-corrected chi connectivity index (χ1v) is 5.78. The van der Waals surface area contributed by atoms with Crippen molar-refractivity contribution in [3.63, 3.8) is 0 Å². The molecular weight excluding hydrogens is 210 g/mol. The van der Waals surface area contributed by atoms with Crippen LogP contribution in [0.1, 0.15) is 18.1 Å². The predicted molar refractivity (Wildman–Crippen MR) is 72.5 cm³/mol. The lowest BCUT2D eigenvalue weighted by atomic mass is 10.1. The molecule has 3 heteroatoms. The summed E-state index contributed by atoms with van der Waals surface area (Å²) in [4.78, 5) is 4.25. The molecule has 1 heterocycles. The molecule has 0 spiro atoms. The van der Waals surface area contributed by atoms with E-state index in [1.165, 1.54) is 11.1 Å². The van der Waals surface area contributed by atoms with Gasteiger partial charge in [0.1, 0.15) is 0 Å². The molecule has 0 atom stereocenters. The fourth-order valence-corrected chi connectivity index (χ4v) is 1.84. The fraction of sp³-hybridized carbons (Fsp3) is 0.214. The highest BCUT2D eigenvalue weighted by Crippen LogP contribution is 2.26. The van der Waals surface area contributed by atoms with E-state index in [1.807, 2.05) is 12.1 Å². The lowest BCUT2D eigenvalue weighted by molar-refractivity contribution is 1.13. The van der Waals surface area contributed by atoms with E-state index in [4.69, 9.17) is 5.73 Å². The summed E-state index contributed by atoms with van der Waals surface area (Å²) in [5.41, 5.74) is 10.1. The number of aryl methyl sites for hydroxylation is 2. The van der Waals surface area contributed by atoms with Crippen LogP contribution in [0.3, 0.4) is 0 Å². The molecule has 0 radical (unpaired) electrons. The first kappa shape index (κ1) is 11.5. The maximum atomic E-state index is 5.88. The van der Waals surface area contributed by atoms with Gasteiger partial charge >= 0.3 is 0 Å². The summed E-state index contributed by atoms with van der Waals surface area (Å²) in [6, 6.07) is 9.95. The number of hydrogen-bond donors (Lipinski definition) is 2. The Morgan fingerprint density at radius 2 is 2.06 bits per heavy atom. The Morgan fingerprint density at radius 3 is 2.76 bits per heavy atom. The molecule has 0 unspecified atom stereocenters. The second-order valence-corrected chi connectivity index (χ2v) is 4.03. The summed E-state index contributed by atoms with van der Waals surface area (Å²) in [6.45, 7) is 4.22. The van der Waals surface area contributed by atoms with Crippen molar-refractivity contribution >= 4 is 17.2 Å². The molecule has 17 heavy (non-hydrogen) atoms. The van der Waals surface area contributed by atoms with Crippen LogP contribution in [-0.4, -0.2) is 4.98 Å². The molecule has 2 rings (SSSR count). The zero-order chi connectivity index (χ0) is 12.3. The molecule has 0 aliphatic heterocycles. The fourth-order valence-electron chi connectivity index (χ4n) is 1.84. The summed E-state index contributed by atoms with van der Waals surface area (Å²) in [5, 5.41) is 3.32. The van der Waals surface area contributed by atoms with E-state index in [0.717, 1.165) is 17.9 Å². The molecule has 0 saturated carbocycles. The van der Waals surface area contributed by atoms with E-state index < -0.39 is 0 Å². The van der Waals surface area contributed by atoms with Gasteiger partial charge in [-0.2, -0.15) is 0 Å². The Labute approximate surface area is 102 Å². The Bertz CT molecular complexity index is 521. The van der Waals surface area contributed by atoms with Crippen LogP contribution < -0.4 is 11.1 Å². The van der Waals surface area contributed by atoms with Gasteiger partial charge in [0, 0.05) is 11.9 Å². The van der Waals surface area contributed by atoms with E-state index in [1.54, 1.807) is 6.20 Å². The number of para-hydroxylation sites is 1. The summed E-state index contributed by atoms with van der Waals surface area (Å²) < 4.78 is 0. The van der Waals surface area contributed by atoms with Crippen LogP contribution in [0.4, 0.5) is 17.2 Å². The third kappa shape index (κ3) is 2.38. The van der Waals surface area contributed by atoms with Crippen molar-refractivity contribution in [2.45, 2.75) is 20.3 Å². The van der Waals surface area contributed by atoms with Crippen LogP contribution in [-0.2, 0) is 6.42 Å². The van der Waals surface area contributed by atoms with Crippen molar-refractivity contribution in [3.8, 4) is 0 Å². The Kier molecular flexibility index (Phi) is 3.28. The SMILES string of the molecule is CCc1cccc(C)c1Nc1ncccc1N. The number of nitrogens with two attached hydrogens (primary N) is 1. The van der Waals surface area contributed by atoms with Gasteiger partial charge in [-0.3, -0.25) is 0 Å². The van der Waals surface area contributed by atoms with Crippen molar-refractivity contribution in [3.05, 3.63) is 47.7 Å². The summed E-state index contributed by atoms with van der Waals surface area (Å²) in [6.07, 6.45) is 2.72. The van der Waals surface area contributed by atoms with Crippen LogP contribution >= 0.6 is 0 Å². The van der Waals surface area contributed by atoms with Gasteiger partial charge in [-0.25, -0.2) is 4.98 Å². The molecule has 1 aromatic carbocycles. The highest BCUT2D eigenvalue weighted by molar-refractivity contribution is 5.72. The second kappa shape index (κ2) is 4.87. The topological polar surface area (TPSA) is 50.9 Å². The van der Waals surface area contributed by atoms with Crippen LogP contribution in [0.15, 0.2) is 36.5 Å². The van der Waals surface area contributed by atoms with Crippen molar-refractivity contribution in [2.24, 2.45) is 0 Å². The van der Waals surface area contributed by atoms with Gasteiger partial charge in [0.25, 0.3) is 0 Å². The van der Waals surface area contributed by atoms with Crippen LogP contribution in [0.2, 0.25) is 0 Å². The number of aromatic nitrogens is 1. The molecule has 1 aromatic heterocycles. The van der Waals surface area contributed by atoms with Gasteiger partial charge in [0.15, 0.2) is 5.82 Å². The van der Waals surface area contributed by atoms with E-state index >= 15 is 0 Å². The number of nitrogens with one attached hydrogen (secondary N) is 1. The molecule has 3 N–H and O–H groups in total. The van der Waals surface area contributed by atoms with Gasteiger partial charge in [-0.15, -0.1) is 0 Å². The first-order chi connectivity index (χ1) is 8.22. The molecule has 2 aromatic rings. The van der Waals surface area contributed by atoms with Crippen molar-refractivity contribution < 1.29 is 0 Å². The van der Waals surface area contributed by atoms with Gasteiger partial charge in [-0.1, -0.05) is 25.1 Å². The van der Waals surface area contributed by atoms with E-state index in [-0.39, 0.29) is 0 Å². The molecule has 0 saturated heterocycles. The highest BCUT2D eigenvalue weighted by Gasteiger charge is 2.06. The molecule has 0 bridgehead atoms. The van der Waals surface area contributed by atoms with Crippen LogP contribution in [0, 0.1) is 6.92 Å². The quantitative estimate of drug-likeness (QED) is 0.846. The van der Waals surface area contributed by atoms with Crippen LogP contribution in [0.25, 0.3) is 0 Å². The number of nitrogen functional groups attached to an aromatic ring is 1. The number of hydrogen-bond acceptors (Lipinski definition) is 3. The first-order valence-electron chi connectivity index (χ1n) is 5.78. The van der Waals surface area contributed by atoms with Gasteiger partial charge in [0.2, 0.25) is 0 Å².